The Morgan fingerprint density at radius 2 is 2.11 bits per heavy atom. The molecule has 2 aromatic rings. The number of ether oxygens (including phenoxy) is 2. The molecule has 1 atom stereocenters. The fourth-order valence-electron chi connectivity index (χ4n) is 1.97. The van der Waals surface area contributed by atoms with Gasteiger partial charge < -0.3 is 15.2 Å². The lowest BCUT2D eigenvalue weighted by molar-refractivity contribution is 0.393. The number of rotatable bonds is 5. The summed E-state index contributed by atoms with van der Waals surface area (Å²) in [6.45, 7) is 2.05. The first-order valence-electron chi connectivity index (χ1n) is 6.21. The van der Waals surface area contributed by atoms with E-state index >= 15 is 0 Å². The molecule has 1 heterocycles. The van der Waals surface area contributed by atoms with Crippen molar-refractivity contribution < 1.29 is 9.47 Å². The van der Waals surface area contributed by atoms with Gasteiger partial charge in [-0.2, -0.15) is 0 Å². The van der Waals surface area contributed by atoms with Gasteiger partial charge in [0.05, 0.1) is 38.1 Å². The standard InChI is InChI=1S/C14H19N3O2/c1-4-11(15)13-8-16-9-17(13)12-6-5-10(18-2)7-14(12)19-3/h5-9,11H,4,15H2,1-3H3/t11-/m1/s1. The van der Waals surface area contributed by atoms with Crippen molar-refractivity contribution in [1.29, 1.82) is 0 Å². The fraction of sp³-hybridized carbons (Fsp3) is 0.357. The topological polar surface area (TPSA) is 62.3 Å². The van der Waals surface area contributed by atoms with E-state index in [-0.39, 0.29) is 6.04 Å². The highest BCUT2D eigenvalue weighted by Gasteiger charge is 2.14. The van der Waals surface area contributed by atoms with Crippen molar-refractivity contribution in [2.24, 2.45) is 5.73 Å². The quantitative estimate of drug-likeness (QED) is 0.897. The lowest BCUT2D eigenvalue weighted by Gasteiger charge is -2.16. The zero-order chi connectivity index (χ0) is 13.8. The molecule has 0 saturated carbocycles. The summed E-state index contributed by atoms with van der Waals surface area (Å²) in [6.07, 6.45) is 4.39. The van der Waals surface area contributed by atoms with Crippen LogP contribution in [0.5, 0.6) is 11.5 Å². The molecule has 0 aliphatic carbocycles. The average Bonchev–Trinajstić information content (AvgIpc) is 2.94. The molecule has 0 amide bonds. The second-order valence-electron chi connectivity index (χ2n) is 4.24. The molecule has 0 aliphatic rings. The fourth-order valence-corrected chi connectivity index (χ4v) is 1.97. The Balaban J connectivity index is 2.50. The molecule has 0 radical (unpaired) electrons. The number of imidazole rings is 1. The molecule has 0 unspecified atom stereocenters. The Kier molecular flexibility index (Phi) is 4.06. The van der Waals surface area contributed by atoms with Gasteiger partial charge in [-0.15, -0.1) is 0 Å². The Morgan fingerprint density at radius 1 is 1.32 bits per heavy atom. The molecule has 0 saturated heterocycles. The molecule has 2 rings (SSSR count). The smallest absolute Gasteiger partial charge is 0.146 e. The van der Waals surface area contributed by atoms with Crippen molar-refractivity contribution in [3.8, 4) is 17.2 Å². The van der Waals surface area contributed by atoms with Crippen LogP contribution < -0.4 is 15.2 Å². The molecule has 1 aromatic heterocycles. The normalized spacial score (nSPS) is 12.2. The zero-order valence-electron chi connectivity index (χ0n) is 11.5. The molecular formula is C14H19N3O2. The number of nitrogens with zero attached hydrogens (tertiary/aromatic N) is 2. The van der Waals surface area contributed by atoms with Gasteiger partial charge >= 0.3 is 0 Å². The highest BCUT2D eigenvalue weighted by molar-refractivity contribution is 5.51. The number of hydrogen-bond acceptors (Lipinski definition) is 4. The second kappa shape index (κ2) is 5.75. The third-order valence-corrected chi connectivity index (χ3v) is 3.13. The van der Waals surface area contributed by atoms with Gasteiger partial charge in [0.2, 0.25) is 0 Å². The van der Waals surface area contributed by atoms with Crippen molar-refractivity contribution >= 4 is 0 Å². The molecule has 5 heteroatoms. The van der Waals surface area contributed by atoms with Crippen LogP contribution in [-0.4, -0.2) is 23.8 Å². The second-order valence-corrected chi connectivity index (χ2v) is 4.24. The number of nitrogens with two attached hydrogens (primary N) is 1. The Hall–Kier alpha value is -2.01. The first kappa shape index (κ1) is 13.4. The predicted molar refractivity (Wildman–Crippen MR) is 73.9 cm³/mol. The Morgan fingerprint density at radius 3 is 2.74 bits per heavy atom. The van der Waals surface area contributed by atoms with Crippen molar-refractivity contribution in [1.82, 2.24) is 9.55 Å². The van der Waals surface area contributed by atoms with Crippen LogP contribution in [-0.2, 0) is 0 Å². The summed E-state index contributed by atoms with van der Waals surface area (Å²) in [4.78, 5) is 4.18. The zero-order valence-corrected chi connectivity index (χ0v) is 11.5. The summed E-state index contributed by atoms with van der Waals surface area (Å²) in [5, 5.41) is 0. The van der Waals surface area contributed by atoms with Crippen molar-refractivity contribution in [2.45, 2.75) is 19.4 Å². The lowest BCUT2D eigenvalue weighted by atomic mass is 10.1. The van der Waals surface area contributed by atoms with E-state index in [0.29, 0.717) is 0 Å². The highest BCUT2D eigenvalue weighted by Crippen LogP contribution is 2.30. The number of aromatic nitrogens is 2. The molecule has 102 valence electrons. The monoisotopic (exact) mass is 261 g/mol. The summed E-state index contributed by atoms with van der Waals surface area (Å²) >= 11 is 0. The van der Waals surface area contributed by atoms with Crippen LogP contribution in [0.25, 0.3) is 5.69 Å². The van der Waals surface area contributed by atoms with Crippen molar-refractivity contribution in [3.05, 3.63) is 36.4 Å². The highest BCUT2D eigenvalue weighted by atomic mass is 16.5. The minimum atomic E-state index is -0.0469. The maximum absolute atomic E-state index is 6.10. The molecule has 0 aliphatic heterocycles. The van der Waals surface area contributed by atoms with E-state index in [1.165, 1.54) is 0 Å². The number of methoxy groups -OCH3 is 2. The van der Waals surface area contributed by atoms with Crippen LogP contribution in [0.15, 0.2) is 30.7 Å². The first-order chi connectivity index (χ1) is 9.21. The van der Waals surface area contributed by atoms with E-state index in [0.717, 1.165) is 29.3 Å². The molecule has 1 aromatic carbocycles. The third-order valence-electron chi connectivity index (χ3n) is 3.13. The number of hydrogen-bond donors (Lipinski definition) is 1. The van der Waals surface area contributed by atoms with Crippen LogP contribution in [0, 0.1) is 0 Å². The summed E-state index contributed by atoms with van der Waals surface area (Å²) in [5.74, 6) is 1.48. The number of benzene rings is 1. The molecular weight excluding hydrogens is 242 g/mol. The van der Waals surface area contributed by atoms with Gasteiger partial charge in [0.15, 0.2) is 0 Å². The van der Waals surface area contributed by atoms with Gasteiger partial charge in [0.25, 0.3) is 0 Å². The van der Waals surface area contributed by atoms with E-state index in [1.54, 1.807) is 26.7 Å². The maximum Gasteiger partial charge on any atom is 0.146 e. The molecule has 2 N–H and O–H groups in total. The van der Waals surface area contributed by atoms with E-state index in [2.05, 4.69) is 4.98 Å². The van der Waals surface area contributed by atoms with E-state index in [4.69, 9.17) is 15.2 Å². The van der Waals surface area contributed by atoms with Crippen LogP contribution >= 0.6 is 0 Å². The minimum Gasteiger partial charge on any atom is -0.497 e. The largest absolute Gasteiger partial charge is 0.497 e. The Bertz CT molecular complexity index is 551. The van der Waals surface area contributed by atoms with Crippen LogP contribution in [0.4, 0.5) is 0 Å². The average molecular weight is 261 g/mol. The van der Waals surface area contributed by atoms with Gasteiger partial charge in [-0.3, -0.25) is 4.57 Å². The van der Waals surface area contributed by atoms with E-state index < -0.39 is 0 Å². The van der Waals surface area contributed by atoms with Gasteiger partial charge in [0.1, 0.15) is 11.5 Å². The van der Waals surface area contributed by atoms with E-state index in [9.17, 15) is 0 Å². The molecule has 0 spiro atoms. The first-order valence-corrected chi connectivity index (χ1v) is 6.21. The molecule has 5 nitrogen and oxygen atoms in total. The van der Waals surface area contributed by atoms with E-state index in [1.807, 2.05) is 29.7 Å². The van der Waals surface area contributed by atoms with Gasteiger partial charge in [-0.1, -0.05) is 6.92 Å². The van der Waals surface area contributed by atoms with Crippen LogP contribution in [0.3, 0.4) is 0 Å². The van der Waals surface area contributed by atoms with Crippen LogP contribution in [0.2, 0.25) is 0 Å². The SMILES string of the molecule is CC[C@@H](N)c1cncn1-c1ccc(OC)cc1OC. The maximum atomic E-state index is 6.10. The Labute approximate surface area is 113 Å². The third kappa shape index (κ3) is 2.56. The van der Waals surface area contributed by atoms with Gasteiger partial charge in [0, 0.05) is 12.1 Å². The van der Waals surface area contributed by atoms with Gasteiger partial charge in [-0.05, 0) is 18.6 Å². The lowest BCUT2D eigenvalue weighted by Crippen LogP contribution is -2.13. The van der Waals surface area contributed by atoms with Crippen LogP contribution in [0.1, 0.15) is 25.1 Å². The predicted octanol–water partition coefficient (Wildman–Crippen LogP) is 2.30. The van der Waals surface area contributed by atoms with Gasteiger partial charge in [-0.25, -0.2) is 4.98 Å². The molecule has 0 bridgehead atoms. The minimum absolute atomic E-state index is 0.0469. The summed E-state index contributed by atoms with van der Waals surface area (Å²) < 4.78 is 12.6. The summed E-state index contributed by atoms with van der Waals surface area (Å²) in [5.41, 5.74) is 7.96. The summed E-state index contributed by atoms with van der Waals surface area (Å²) in [6, 6.07) is 5.62. The van der Waals surface area contributed by atoms with Crippen molar-refractivity contribution in [3.63, 3.8) is 0 Å². The molecule has 0 fully saturated rings. The summed E-state index contributed by atoms with van der Waals surface area (Å²) in [7, 11) is 3.26. The molecule has 19 heavy (non-hydrogen) atoms. The van der Waals surface area contributed by atoms with Crippen molar-refractivity contribution in [2.75, 3.05) is 14.2 Å².